The summed E-state index contributed by atoms with van der Waals surface area (Å²) in [5.41, 5.74) is 11.9. The molecule has 0 saturated heterocycles. The first-order chi connectivity index (χ1) is 13.8. The van der Waals surface area contributed by atoms with Crippen LogP contribution in [0.1, 0.15) is 47.1 Å². The molecule has 1 saturated carbocycles. The SMILES string of the molecule is C[C@H](C(N)=O)N(c1ccc(F)cc1)c1nc(N)c(C(=O)c2nc(C3CC3)no2)s1. The fourth-order valence-electron chi connectivity index (χ4n) is 2.75. The lowest BCUT2D eigenvalue weighted by molar-refractivity contribution is -0.118. The van der Waals surface area contributed by atoms with Crippen LogP contribution in [0.15, 0.2) is 28.8 Å². The van der Waals surface area contributed by atoms with Crippen molar-refractivity contribution in [1.82, 2.24) is 15.1 Å². The number of hydrogen-bond donors (Lipinski definition) is 2. The van der Waals surface area contributed by atoms with Crippen LogP contribution in [0.4, 0.5) is 21.0 Å². The maximum absolute atomic E-state index is 13.3. The van der Waals surface area contributed by atoms with Gasteiger partial charge in [0.1, 0.15) is 22.6 Å². The summed E-state index contributed by atoms with van der Waals surface area (Å²) in [5, 5.41) is 4.09. The highest BCUT2D eigenvalue weighted by Gasteiger charge is 2.32. The van der Waals surface area contributed by atoms with Gasteiger partial charge >= 0.3 is 0 Å². The molecular formula is C18H17FN6O3S. The Morgan fingerprint density at radius 3 is 2.59 bits per heavy atom. The van der Waals surface area contributed by atoms with E-state index >= 15 is 0 Å². The number of nitrogens with two attached hydrogens (primary N) is 2. The molecule has 0 bridgehead atoms. The maximum Gasteiger partial charge on any atom is 0.300 e. The van der Waals surface area contributed by atoms with Crippen LogP contribution in [-0.4, -0.2) is 32.9 Å². The predicted molar refractivity (Wildman–Crippen MR) is 103 cm³/mol. The first-order valence-corrected chi connectivity index (χ1v) is 9.65. The number of carbonyl (C=O) groups excluding carboxylic acids is 2. The minimum Gasteiger partial charge on any atom is -0.382 e. The number of hydrogen-bond acceptors (Lipinski definition) is 9. The van der Waals surface area contributed by atoms with E-state index in [0.29, 0.717) is 11.5 Å². The summed E-state index contributed by atoms with van der Waals surface area (Å²) in [4.78, 5) is 34.6. The molecule has 1 atom stereocenters. The third-order valence-corrected chi connectivity index (χ3v) is 5.61. The van der Waals surface area contributed by atoms with Crippen molar-refractivity contribution >= 4 is 39.7 Å². The number of nitrogen functional groups attached to an aromatic ring is 1. The van der Waals surface area contributed by atoms with Gasteiger partial charge in [0.05, 0.1) is 0 Å². The molecule has 2 aromatic heterocycles. The average molecular weight is 416 g/mol. The normalized spacial score (nSPS) is 14.6. The van der Waals surface area contributed by atoms with Crippen LogP contribution in [-0.2, 0) is 4.79 Å². The van der Waals surface area contributed by atoms with Crippen molar-refractivity contribution in [2.75, 3.05) is 10.6 Å². The van der Waals surface area contributed by atoms with Crippen molar-refractivity contribution in [3.63, 3.8) is 0 Å². The van der Waals surface area contributed by atoms with Crippen LogP contribution in [0.25, 0.3) is 0 Å². The zero-order valence-electron chi connectivity index (χ0n) is 15.3. The van der Waals surface area contributed by atoms with Gasteiger partial charge < -0.3 is 20.9 Å². The maximum atomic E-state index is 13.3. The number of carbonyl (C=O) groups is 2. The Morgan fingerprint density at radius 2 is 1.97 bits per heavy atom. The zero-order valence-corrected chi connectivity index (χ0v) is 16.1. The minimum atomic E-state index is -0.821. The van der Waals surface area contributed by atoms with Gasteiger partial charge in [-0.2, -0.15) is 4.98 Å². The lowest BCUT2D eigenvalue weighted by Crippen LogP contribution is -2.39. The largest absolute Gasteiger partial charge is 0.382 e. The van der Waals surface area contributed by atoms with Gasteiger partial charge in [0.25, 0.3) is 11.7 Å². The van der Waals surface area contributed by atoms with Gasteiger partial charge in [0.15, 0.2) is 11.0 Å². The summed E-state index contributed by atoms with van der Waals surface area (Å²) in [6, 6.07) is 4.63. The summed E-state index contributed by atoms with van der Waals surface area (Å²) in [5.74, 6) is -1.06. The molecule has 1 aromatic carbocycles. The Labute approximate surface area is 168 Å². The van der Waals surface area contributed by atoms with Gasteiger partial charge in [-0.05, 0) is 44.0 Å². The van der Waals surface area contributed by atoms with Crippen molar-refractivity contribution in [2.45, 2.75) is 31.7 Å². The molecule has 0 spiro atoms. The number of rotatable bonds is 7. The third-order valence-electron chi connectivity index (χ3n) is 4.54. The summed E-state index contributed by atoms with van der Waals surface area (Å²) >= 11 is 0.960. The lowest BCUT2D eigenvalue weighted by atomic mass is 10.2. The first-order valence-electron chi connectivity index (χ1n) is 8.84. The van der Waals surface area contributed by atoms with Gasteiger partial charge in [-0.15, -0.1) is 0 Å². The molecule has 4 rings (SSSR count). The average Bonchev–Trinajstić information content (AvgIpc) is 3.30. The molecule has 1 aliphatic rings. The fraction of sp³-hybridized carbons (Fsp3) is 0.278. The van der Waals surface area contributed by atoms with Crippen LogP contribution in [0.3, 0.4) is 0 Å². The number of primary amides is 1. The van der Waals surface area contributed by atoms with Gasteiger partial charge in [0, 0.05) is 11.6 Å². The number of nitrogens with zero attached hydrogens (tertiary/aromatic N) is 4. The quantitative estimate of drug-likeness (QED) is 0.559. The number of benzene rings is 1. The molecule has 0 radical (unpaired) electrons. The molecule has 0 unspecified atom stereocenters. The van der Waals surface area contributed by atoms with Crippen LogP contribution < -0.4 is 16.4 Å². The Bertz CT molecular complexity index is 1080. The molecule has 1 aliphatic carbocycles. The second kappa shape index (κ2) is 7.24. The minimum absolute atomic E-state index is 0.0371. The summed E-state index contributed by atoms with van der Waals surface area (Å²) < 4.78 is 18.4. The molecule has 1 fully saturated rings. The highest BCUT2D eigenvalue weighted by molar-refractivity contribution is 7.18. The highest BCUT2D eigenvalue weighted by Crippen LogP contribution is 2.39. The Kier molecular flexibility index (Phi) is 4.74. The summed E-state index contributed by atoms with van der Waals surface area (Å²) in [6.45, 7) is 1.57. The summed E-state index contributed by atoms with van der Waals surface area (Å²) in [6.07, 6.45) is 1.94. The number of thiazole rings is 1. The molecule has 11 heteroatoms. The monoisotopic (exact) mass is 416 g/mol. The Hall–Kier alpha value is -3.34. The fourth-order valence-corrected chi connectivity index (χ4v) is 3.76. The van der Waals surface area contributed by atoms with Crippen LogP contribution in [0, 0.1) is 5.82 Å². The molecule has 29 heavy (non-hydrogen) atoms. The standard InChI is InChI=1S/C18H17FN6O3S/c1-8(15(21)27)25(11-6-4-10(19)5-7-11)18-22-14(20)13(29-18)12(26)17-23-16(24-28-17)9-2-3-9/h4-9H,2-3,20H2,1H3,(H2,21,27)/t8-/m1/s1. The number of aromatic nitrogens is 3. The van der Waals surface area contributed by atoms with Crippen molar-refractivity contribution in [2.24, 2.45) is 5.73 Å². The molecular weight excluding hydrogens is 399 g/mol. The van der Waals surface area contributed by atoms with Crippen molar-refractivity contribution in [3.05, 3.63) is 46.7 Å². The third kappa shape index (κ3) is 3.68. The number of halogens is 1. The van der Waals surface area contributed by atoms with E-state index in [4.69, 9.17) is 16.0 Å². The van der Waals surface area contributed by atoms with E-state index in [2.05, 4.69) is 15.1 Å². The summed E-state index contributed by atoms with van der Waals surface area (Å²) in [7, 11) is 0. The van der Waals surface area contributed by atoms with E-state index in [1.807, 2.05) is 0 Å². The van der Waals surface area contributed by atoms with Crippen LogP contribution in [0.2, 0.25) is 0 Å². The highest BCUT2D eigenvalue weighted by atomic mass is 32.1. The number of amides is 1. The van der Waals surface area contributed by atoms with Gasteiger partial charge in [0.2, 0.25) is 5.91 Å². The van der Waals surface area contributed by atoms with E-state index < -0.39 is 23.5 Å². The van der Waals surface area contributed by atoms with Gasteiger partial charge in [-0.3, -0.25) is 9.59 Å². The molecule has 9 nitrogen and oxygen atoms in total. The van der Waals surface area contributed by atoms with E-state index in [0.717, 1.165) is 24.2 Å². The Balaban J connectivity index is 1.69. The van der Waals surface area contributed by atoms with E-state index in [9.17, 15) is 14.0 Å². The lowest BCUT2D eigenvalue weighted by Gasteiger charge is -2.26. The van der Waals surface area contributed by atoms with E-state index in [1.165, 1.54) is 29.2 Å². The van der Waals surface area contributed by atoms with Crippen LogP contribution >= 0.6 is 11.3 Å². The molecule has 4 N–H and O–H groups in total. The molecule has 150 valence electrons. The van der Waals surface area contributed by atoms with Crippen molar-refractivity contribution in [1.29, 1.82) is 0 Å². The molecule has 1 amide bonds. The number of ketones is 1. The predicted octanol–water partition coefficient (Wildman–Crippen LogP) is 2.37. The molecule has 2 heterocycles. The first kappa shape index (κ1) is 19.0. The smallest absolute Gasteiger partial charge is 0.300 e. The van der Waals surface area contributed by atoms with E-state index in [-0.39, 0.29) is 27.6 Å². The number of anilines is 3. The van der Waals surface area contributed by atoms with Gasteiger partial charge in [-0.25, -0.2) is 9.37 Å². The van der Waals surface area contributed by atoms with Crippen molar-refractivity contribution in [3.8, 4) is 0 Å². The van der Waals surface area contributed by atoms with Crippen LogP contribution in [0.5, 0.6) is 0 Å². The second-order valence-corrected chi connectivity index (χ2v) is 7.67. The second-order valence-electron chi connectivity index (χ2n) is 6.70. The van der Waals surface area contributed by atoms with E-state index in [1.54, 1.807) is 6.92 Å². The zero-order chi connectivity index (χ0) is 20.7. The van der Waals surface area contributed by atoms with Gasteiger partial charge in [-0.1, -0.05) is 16.5 Å². The van der Waals surface area contributed by atoms with Crippen molar-refractivity contribution < 1.29 is 18.5 Å². The molecule has 3 aromatic rings. The molecule has 0 aliphatic heterocycles. The topological polar surface area (TPSA) is 141 Å². The Morgan fingerprint density at radius 1 is 1.28 bits per heavy atom.